The summed E-state index contributed by atoms with van der Waals surface area (Å²) in [6.45, 7) is 4.81. The molecule has 0 aliphatic carbocycles. The summed E-state index contributed by atoms with van der Waals surface area (Å²) in [5.41, 5.74) is 3.55. The SMILES string of the molecule is Cc1ccc(OC(=O)N2CCC(c3cc(-c4ccc(F)c(F)c4)n[nH]3)CC2)c(C)n1. The Labute approximate surface area is 172 Å². The number of amides is 1. The third-order valence-electron chi connectivity index (χ3n) is 5.38. The molecule has 0 spiro atoms. The van der Waals surface area contributed by atoms with Crippen molar-refractivity contribution >= 4 is 6.09 Å². The monoisotopic (exact) mass is 412 g/mol. The van der Waals surface area contributed by atoms with Crippen LogP contribution in [-0.2, 0) is 0 Å². The molecule has 0 radical (unpaired) electrons. The fraction of sp³-hybridized carbons (Fsp3) is 0.318. The number of pyridine rings is 1. The number of likely N-dealkylation sites (tertiary alicyclic amines) is 1. The van der Waals surface area contributed by atoms with Gasteiger partial charge in [-0.15, -0.1) is 0 Å². The zero-order chi connectivity index (χ0) is 21.3. The predicted molar refractivity (Wildman–Crippen MR) is 107 cm³/mol. The minimum absolute atomic E-state index is 0.198. The number of rotatable bonds is 3. The first-order valence-electron chi connectivity index (χ1n) is 9.82. The number of halogens is 2. The number of ether oxygens (including phenoxy) is 1. The number of nitrogens with one attached hydrogen (secondary N) is 1. The first-order valence-corrected chi connectivity index (χ1v) is 9.82. The Kier molecular flexibility index (Phi) is 5.48. The number of hydrogen-bond donors (Lipinski definition) is 1. The van der Waals surface area contributed by atoms with Crippen LogP contribution < -0.4 is 4.74 Å². The lowest BCUT2D eigenvalue weighted by molar-refractivity contribution is 0.138. The summed E-state index contributed by atoms with van der Waals surface area (Å²) >= 11 is 0. The van der Waals surface area contributed by atoms with Crippen LogP contribution in [0.1, 0.15) is 35.8 Å². The number of aromatic amines is 1. The summed E-state index contributed by atoms with van der Waals surface area (Å²) in [6, 6.07) is 9.15. The van der Waals surface area contributed by atoms with E-state index in [9.17, 15) is 13.6 Å². The third kappa shape index (κ3) is 4.17. The van der Waals surface area contributed by atoms with Crippen molar-refractivity contribution < 1.29 is 18.3 Å². The smallest absolute Gasteiger partial charge is 0.408 e. The second kappa shape index (κ2) is 8.22. The van der Waals surface area contributed by atoms with E-state index in [4.69, 9.17) is 4.74 Å². The maximum Gasteiger partial charge on any atom is 0.415 e. The number of nitrogens with zero attached hydrogens (tertiary/aromatic N) is 3. The van der Waals surface area contributed by atoms with Crippen molar-refractivity contribution in [1.29, 1.82) is 0 Å². The highest BCUT2D eigenvalue weighted by Crippen LogP contribution is 2.30. The van der Waals surface area contributed by atoms with Gasteiger partial charge in [0.2, 0.25) is 0 Å². The highest BCUT2D eigenvalue weighted by molar-refractivity contribution is 5.71. The number of hydrogen-bond acceptors (Lipinski definition) is 4. The molecule has 0 atom stereocenters. The lowest BCUT2D eigenvalue weighted by atomic mass is 9.93. The highest BCUT2D eigenvalue weighted by Gasteiger charge is 2.26. The predicted octanol–water partition coefficient (Wildman–Crippen LogP) is 4.75. The van der Waals surface area contributed by atoms with Gasteiger partial charge in [0, 0.05) is 36.0 Å². The quantitative estimate of drug-likeness (QED) is 0.674. The van der Waals surface area contributed by atoms with E-state index in [-0.39, 0.29) is 12.0 Å². The van der Waals surface area contributed by atoms with Crippen molar-refractivity contribution in [2.75, 3.05) is 13.1 Å². The summed E-state index contributed by atoms with van der Waals surface area (Å²) in [7, 11) is 0. The Bertz CT molecular complexity index is 1070. The molecule has 1 N–H and O–H groups in total. The van der Waals surface area contributed by atoms with E-state index in [1.807, 2.05) is 26.0 Å². The fourth-order valence-corrected chi connectivity index (χ4v) is 3.66. The molecule has 0 unspecified atom stereocenters. The molecule has 1 aromatic carbocycles. The molecule has 3 aromatic rings. The van der Waals surface area contributed by atoms with Crippen LogP contribution in [0, 0.1) is 25.5 Å². The van der Waals surface area contributed by atoms with Gasteiger partial charge in [-0.1, -0.05) is 0 Å². The summed E-state index contributed by atoms with van der Waals surface area (Å²) < 4.78 is 32.1. The number of aromatic nitrogens is 3. The molecule has 0 saturated carbocycles. The molecule has 4 rings (SSSR count). The molecule has 156 valence electrons. The molecule has 2 aromatic heterocycles. The van der Waals surface area contributed by atoms with Gasteiger partial charge in [0.05, 0.1) is 11.4 Å². The normalized spacial score (nSPS) is 14.7. The number of carbonyl (C=O) groups excluding carboxylic acids is 1. The minimum atomic E-state index is -0.900. The average molecular weight is 412 g/mol. The van der Waals surface area contributed by atoms with Crippen LogP contribution >= 0.6 is 0 Å². The molecule has 1 fully saturated rings. The van der Waals surface area contributed by atoms with Gasteiger partial charge in [-0.3, -0.25) is 10.1 Å². The van der Waals surface area contributed by atoms with E-state index in [1.54, 1.807) is 11.0 Å². The molecule has 1 amide bonds. The maximum absolute atomic E-state index is 13.5. The molecule has 30 heavy (non-hydrogen) atoms. The Morgan fingerprint density at radius 1 is 1.10 bits per heavy atom. The summed E-state index contributed by atoms with van der Waals surface area (Å²) in [6.07, 6.45) is 1.12. The minimum Gasteiger partial charge on any atom is -0.408 e. The highest BCUT2D eigenvalue weighted by atomic mass is 19.2. The van der Waals surface area contributed by atoms with Crippen LogP contribution in [0.25, 0.3) is 11.3 Å². The van der Waals surface area contributed by atoms with Gasteiger partial charge in [-0.05, 0) is 63.1 Å². The van der Waals surface area contributed by atoms with Gasteiger partial charge in [0.15, 0.2) is 17.4 Å². The Morgan fingerprint density at radius 3 is 2.57 bits per heavy atom. The molecule has 1 saturated heterocycles. The van der Waals surface area contributed by atoms with Crippen molar-refractivity contribution in [2.24, 2.45) is 0 Å². The van der Waals surface area contributed by atoms with Crippen LogP contribution in [0.5, 0.6) is 5.75 Å². The Balaban J connectivity index is 1.37. The number of carbonyl (C=O) groups is 1. The van der Waals surface area contributed by atoms with Gasteiger partial charge in [0.25, 0.3) is 0 Å². The van der Waals surface area contributed by atoms with Crippen LogP contribution in [-0.4, -0.2) is 39.3 Å². The number of benzene rings is 1. The largest absolute Gasteiger partial charge is 0.415 e. The second-order valence-corrected chi connectivity index (χ2v) is 7.50. The lowest BCUT2D eigenvalue weighted by Gasteiger charge is -2.30. The Hall–Kier alpha value is -3.29. The molecular weight excluding hydrogens is 390 g/mol. The third-order valence-corrected chi connectivity index (χ3v) is 5.38. The van der Waals surface area contributed by atoms with Crippen LogP contribution in [0.15, 0.2) is 36.4 Å². The molecule has 1 aliphatic rings. The molecule has 3 heterocycles. The lowest BCUT2D eigenvalue weighted by Crippen LogP contribution is -2.39. The summed E-state index contributed by atoms with van der Waals surface area (Å²) in [5.74, 6) is -1.12. The zero-order valence-electron chi connectivity index (χ0n) is 16.8. The average Bonchev–Trinajstić information content (AvgIpc) is 3.22. The fourth-order valence-electron chi connectivity index (χ4n) is 3.66. The first-order chi connectivity index (χ1) is 14.4. The maximum atomic E-state index is 13.5. The van der Waals surface area contributed by atoms with Crippen molar-refractivity contribution in [3.63, 3.8) is 0 Å². The van der Waals surface area contributed by atoms with Crippen molar-refractivity contribution in [3.05, 3.63) is 65.1 Å². The Morgan fingerprint density at radius 2 is 1.87 bits per heavy atom. The van der Waals surface area contributed by atoms with Crippen molar-refractivity contribution in [2.45, 2.75) is 32.6 Å². The second-order valence-electron chi connectivity index (χ2n) is 7.50. The van der Waals surface area contributed by atoms with Gasteiger partial charge >= 0.3 is 6.09 Å². The van der Waals surface area contributed by atoms with Crippen molar-refractivity contribution in [1.82, 2.24) is 20.1 Å². The molecule has 6 nitrogen and oxygen atoms in total. The molecular formula is C22H22F2N4O2. The zero-order valence-corrected chi connectivity index (χ0v) is 16.8. The standard InChI is InChI=1S/C22H22F2N4O2/c1-13-3-6-21(14(2)25-13)30-22(29)28-9-7-15(8-10-28)19-12-20(27-26-19)16-4-5-17(23)18(24)11-16/h3-6,11-12,15H,7-10H2,1-2H3,(H,26,27). The number of H-pyrrole nitrogens is 1. The van der Waals surface area contributed by atoms with Crippen LogP contribution in [0.2, 0.25) is 0 Å². The summed E-state index contributed by atoms with van der Waals surface area (Å²) in [4.78, 5) is 18.5. The van der Waals surface area contributed by atoms with E-state index in [0.29, 0.717) is 35.8 Å². The van der Waals surface area contributed by atoms with Crippen LogP contribution in [0.3, 0.4) is 0 Å². The number of piperidine rings is 1. The van der Waals surface area contributed by atoms with Gasteiger partial charge in [-0.25, -0.2) is 13.6 Å². The number of aryl methyl sites for hydroxylation is 2. The van der Waals surface area contributed by atoms with Gasteiger partial charge in [0.1, 0.15) is 0 Å². The van der Waals surface area contributed by atoms with Gasteiger partial charge in [-0.2, -0.15) is 5.10 Å². The van der Waals surface area contributed by atoms with Crippen LogP contribution in [0.4, 0.5) is 13.6 Å². The molecule has 8 heteroatoms. The topological polar surface area (TPSA) is 71.1 Å². The van der Waals surface area contributed by atoms with E-state index in [1.165, 1.54) is 6.07 Å². The molecule has 1 aliphatic heterocycles. The summed E-state index contributed by atoms with van der Waals surface area (Å²) in [5, 5.41) is 7.23. The van der Waals surface area contributed by atoms with Crippen molar-refractivity contribution in [3.8, 4) is 17.0 Å². The van der Waals surface area contributed by atoms with E-state index in [0.717, 1.165) is 36.4 Å². The van der Waals surface area contributed by atoms with E-state index in [2.05, 4.69) is 15.2 Å². The first kappa shape index (κ1) is 20.0. The van der Waals surface area contributed by atoms with E-state index < -0.39 is 11.6 Å². The van der Waals surface area contributed by atoms with Gasteiger partial charge < -0.3 is 9.64 Å². The molecule has 0 bridgehead atoms. The van der Waals surface area contributed by atoms with E-state index >= 15 is 0 Å².